The minimum Gasteiger partial charge on any atom is -0.369 e. The Morgan fingerprint density at radius 1 is 1.24 bits per heavy atom. The summed E-state index contributed by atoms with van der Waals surface area (Å²) in [7, 11) is 0. The molecule has 0 aliphatic heterocycles. The second-order valence-corrected chi connectivity index (χ2v) is 5.52. The summed E-state index contributed by atoms with van der Waals surface area (Å²) in [6.45, 7) is 4.70. The number of hydrogen-bond donors (Lipinski definition) is 1. The van der Waals surface area contributed by atoms with E-state index >= 15 is 0 Å². The standard InChI is InChI=1S/C15H16BrF2N3/c1-3-6-19-15-14(16)9(2)20-13(21-15)7-10-4-5-11(17)8-12(10)18/h4-5,8H,3,6-7H2,1-2H3,(H,19,20,21). The van der Waals surface area contributed by atoms with Gasteiger partial charge in [0, 0.05) is 19.0 Å². The van der Waals surface area contributed by atoms with Gasteiger partial charge < -0.3 is 5.32 Å². The zero-order valence-corrected chi connectivity index (χ0v) is 13.5. The molecule has 0 saturated heterocycles. The predicted molar refractivity (Wildman–Crippen MR) is 82.4 cm³/mol. The number of anilines is 1. The molecule has 112 valence electrons. The lowest BCUT2D eigenvalue weighted by Gasteiger charge is -2.11. The molecule has 1 heterocycles. The van der Waals surface area contributed by atoms with E-state index in [1.165, 1.54) is 12.1 Å². The molecular weight excluding hydrogens is 340 g/mol. The summed E-state index contributed by atoms with van der Waals surface area (Å²) in [6.07, 6.45) is 1.19. The van der Waals surface area contributed by atoms with E-state index in [1.54, 1.807) is 0 Å². The summed E-state index contributed by atoms with van der Waals surface area (Å²) in [5.74, 6) is 0.0263. The van der Waals surface area contributed by atoms with Crippen LogP contribution in [0.5, 0.6) is 0 Å². The summed E-state index contributed by atoms with van der Waals surface area (Å²) in [5, 5.41) is 3.20. The molecule has 0 amide bonds. The fourth-order valence-corrected chi connectivity index (χ4v) is 2.21. The van der Waals surface area contributed by atoms with Gasteiger partial charge >= 0.3 is 0 Å². The molecule has 0 unspecified atom stereocenters. The summed E-state index contributed by atoms with van der Waals surface area (Å²) >= 11 is 3.44. The molecule has 0 saturated carbocycles. The van der Waals surface area contributed by atoms with E-state index in [0.717, 1.165) is 29.2 Å². The number of nitrogens with zero attached hydrogens (tertiary/aromatic N) is 2. The Kier molecular flexibility index (Phi) is 5.22. The highest BCUT2D eigenvalue weighted by atomic mass is 79.9. The average Bonchev–Trinajstić information content (AvgIpc) is 2.44. The first-order chi connectivity index (χ1) is 10.0. The van der Waals surface area contributed by atoms with Crippen molar-refractivity contribution in [3.8, 4) is 0 Å². The molecule has 1 aromatic heterocycles. The molecule has 2 aromatic rings. The van der Waals surface area contributed by atoms with E-state index in [-0.39, 0.29) is 6.42 Å². The lowest BCUT2D eigenvalue weighted by molar-refractivity contribution is 0.573. The third-order valence-corrected chi connectivity index (χ3v) is 3.92. The van der Waals surface area contributed by atoms with Crippen LogP contribution in [-0.2, 0) is 6.42 Å². The minimum absolute atomic E-state index is 0.223. The summed E-state index contributed by atoms with van der Waals surface area (Å²) in [4.78, 5) is 8.74. The summed E-state index contributed by atoms with van der Waals surface area (Å²) < 4.78 is 27.4. The van der Waals surface area contributed by atoms with Gasteiger partial charge in [-0.25, -0.2) is 18.7 Å². The van der Waals surface area contributed by atoms with Crippen molar-refractivity contribution in [1.82, 2.24) is 9.97 Å². The van der Waals surface area contributed by atoms with Crippen LogP contribution in [0.4, 0.5) is 14.6 Å². The minimum atomic E-state index is -0.588. The molecule has 1 aromatic carbocycles. The van der Waals surface area contributed by atoms with Crippen molar-refractivity contribution < 1.29 is 8.78 Å². The van der Waals surface area contributed by atoms with Crippen LogP contribution in [0, 0.1) is 18.6 Å². The lowest BCUT2D eigenvalue weighted by Crippen LogP contribution is -2.08. The van der Waals surface area contributed by atoms with Gasteiger partial charge in [0.2, 0.25) is 0 Å². The quantitative estimate of drug-likeness (QED) is 0.871. The molecule has 0 bridgehead atoms. The average molecular weight is 356 g/mol. The smallest absolute Gasteiger partial charge is 0.144 e. The van der Waals surface area contributed by atoms with Gasteiger partial charge in [0.15, 0.2) is 0 Å². The Bertz CT molecular complexity index is 647. The maximum absolute atomic E-state index is 13.7. The lowest BCUT2D eigenvalue weighted by atomic mass is 10.1. The molecule has 0 spiro atoms. The van der Waals surface area contributed by atoms with Crippen LogP contribution in [0.3, 0.4) is 0 Å². The number of rotatable bonds is 5. The second kappa shape index (κ2) is 6.93. The van der Waals surface area contributed by atoms with Crippen LogP contribution in [0.25, 0.3) is 0 Å². The zero-order chi connectivity index (χ0) is 15.4. The molecule has 6 heteroatoms. The van der Waals surface area contributed by atoms with Crippen molar-refractivity contribution in [2.24, 2.45) is 0 Å². The highest BCUT2D eigenvalue weighted by molar-refractivity contribution is 9.10. The number of hydrogen-bond acceptors (Lipinski definition) is 3. The Balaban J connectivity index is 2.29. The molecule has 21 heavy (non-hydrogen) atoms. The third kappa shape index (κ3) is 3.97. The van der Waals surface area contributed by atoms with Gasteiger partial charge in [-0.1, -0.05) is 13.0 Å². The Morgan fingerprint density at radius 2 is 2.00 bits per heavy atom. The van der Waals surface area contributed by atoms with E-state index in [9.17, 15) is 8.78 Å². The van der Waals surface area contributed by atoms with Gasteiger partial charge in [-0.15, -0.1) is 0 Å². The largest absolute Gasteiger partial charge is 0.369 e. The van der Waals surface area contributed by atoms with Crippen molar-refractivity contribution in [3.63, 3.8) is 0 Å². The number of nitrogens with one attached hydrogen (secondary N) is 1. The molecular formula is C15H16BrF2N3. The monoisotopic (exact) mass is 355 g/mol. The maximum Gasteiger partial charge on any atom is 0.144 e. The van der Waals surface area contributed by atoms with Crippen LogP contribution in [0.2, 0.25) is 0 Å². The van der Waals surface area contributed by atoms with E-state index < -0.39 is 11.6 Å². The molecule has 0 fully saturated rings. The van der Waals surface area contributed by atoms with Crippen molar-refractivity contribution in [2.45, 2.75) is 26.7 Å². The molecule has 3 nitrogen and oxygen atoms in total. The third-order valence-electron chi connectivity index (χ3n) is 2.97. The zero-order valence-electron chi connectivity index (χ0n) is 11.9. The van der Waals surface area contributed by atoms with Gasteiger partial charge in [-0.3, -0.25) is 0 Å². The fraction of sp³-hybridized carbons (Fsp3) is 0.333. The Hall–Kier alpha value is -1.56. The molecule has 0 radical (unpaired) electrons. The van der Waals surface area contributed by atoms with E-state index in [4.69, 9.17) is 0 Å². The molecule has 0 atom stereocenters. The first-order valence-electron chi connectivity index (χ1n) is 6.72. The van der Waals surface area contributed by atoms with Gasteiger partial charge in [0.05, 0.1) is 10.2 Å². The first kappa shape index (κ1) is 15.8. The van der Waals surface area contributed by atoms with E-state index in [1.807, 2.05) is 6.92 Å². The van der Waals surface area contributed by atoms with Crippen molar-refractivity contribution >= 4 is 21.7 Å². The predicted octanol–water partition coefficient (Wildman–Crippen LogP) is 4.24. The van der Waals surface area contributed by atoms with Crippen LogP contribution in [0.1, 0.15) is 30.4 Å². The van der Waals surface area contributed by atoms with Crippen molar-refractivity contribution in [1.29, 1.82) is 0 Å². The van der Waals surface area contributed by atoms with Crippen molar-refractivity contribution in [2.75, 3.05) is 11.9 Å². The van der Waals surface area contributed by atoms with Gasteiger partial charge in [0.25, 0.3) is 0 Å². The molecule has 0 aliphatic rings. The summed E-state index contributed by atoms with van der Waals surface area (Å²) in [5.41, 5.74) is 1.15. The SMILES string of the molecule is CCCNc1nc(Cc2ccc(F)cc2F)nc(C)c1Br. The Morgan fingerprint density at radius 3 is 2.67 bits per heavy atom. The number of aryl methyl sites for hydroxylation is 1. The van der Waals surface area contributed by atoms with Crippen molar-refractivity contribution in [3.05, 3.63) is 51.4 Å². The maximum atomic E-state index is 13.7. The summed E-state index contributed by atoms with van der Waals surface area (Å²) in [6, 6.07) is 3.53. The second-order valence-electron chi connectivity index (χ2n) is 4.73. The van der Waals surface area contributed by atoms with Crippen LogP contribution in [0.15, 0.2) is 22.7 Å². The molecule has 0 aliphatic carbocycles. The van der Waals surface area contributed by atoms with Gasteiger partial charge in [-0.05, 0) is 40.9 Å². The van der Waals surface area contributed by atoms with E-state index in [0.29, 0.717) is 17.2 Å². The normalized spacial score (nSPS) is 10.7. The number of benzene rings is 1. The molecule has 2 rings (SSSR count). The van der Waals surface area contributed by atoms with E-state index in [2.05, 4.69) is 38.1 Å². The highest BCUT2D eigenvalue weighted by Gasteiger charge is 2.12. The fourth-order valence-electron chi connectivity index (χ4n) is 1.89. The first-order valence-corrected chi connectivity index (χ1v) is 7.51. The number of halogens is 3. The van der Waals surface area contributed by atoms with Crippen LogP contribution < -0.4 is 5.32 Å². The van der Waals surface area contributed by atoms with Crippen LogP contribution in [-0.4, -0.2) is 16.5 Å². The molecule has 1 N–H and O–H groups in total. The highest BCUT2D eigenvalue weighted by Crippen LogP contribution is 2.24. The van der Waals surface area contributed by atoms with Gasteiger partial charge in [-0.2, -0.15) is 0 Å². The topological polar surface area (TPSA) is 37.8 Å². The number of aromatic nitrogens is 2. The Labute approximate surface area is 131 Å². The van der Waals surface area contributed by atoms with Gasteiger partial charge in [0.1, 0.15) is 23.3 Å². The van der Waals surface area contributed by atoms with Crippen LogP contribution >= 0.6 is 15.9 Å².